The second kappa shape index (κ2) is 5.47. The van der Waals surface area contributed by atoms with Gasteiger partial charge in [-0.25, -0.2) is 4.98 Å². The van der Waals surface area contributed by atoms with Crippen molar-refractivity contribution in [3.05, 3.63) is 57.9 Å². The summed E-state index contributed by atoms with van der Waals surface area (Å²) in [5.74, 6) is -0.0509. The van der Waals surface area contributed by atoms with Crippen molar-refractivity contribution in [2.45, 2.75) is 19.9 Å². The average molecular weight is 341 g/mol. The van der Waals surface area contributed by atoms with E-state index in [2.05, 4.69) is 41.5 Å². The maximum atomic E-state index is 12.5. The molecule has 1 atom stereocenters. The van der Waals surface area contributed by atoms with Gasteiger partial charge in [-0.2, -0.15) is 0 Å². The van der Waals surface area contributed by atoms with Crippen LogP contribution in [0.5, 0.6) is 0 Å². The molecule has 0 radical (unpaired) electrons. The zero-order valence-corrected chi connectivity index (χ0v) is 14.4. The third-order valence-electron chi connectivity index (χ3n) is 3.89. The van der Waals surface area contributed by atoms with Crippen LogP contribution in [0.4, 0.5) is 0 Å². The largest absolute Gasteiger partial charge is 0.345 e. The van der Waals surface area contributed by atoms with E-state index in [1.54, 1.807) is 11.3 Å². The first kappa shape index (κ1) is 14.4. The van der Waals surface area contributed by atoms with E-state index < -0.39 is 0 Å². The van der Waals surface area contributed by atoms with Crippen molar-refractivity contribution in [2.75, 3.05) is 0 Å². The summed E-state index contributed by atoms with van der Waals surface area (Å²) >= 11 is 3.04. The molecule has 0 spiro atoms. The minimum Gasteiger partial charge on any atom is -0.345 e. The van der Waals surface area contributed by atoms with Crippen LogP contribution in [0.3, 0.4) is 0 Å². The first-order chi connectivity index (χ1) is 11.1. The molecule has 1 unspecified atom stereocenters. The number of aryl methyl sites for hydroxylation is 1. The van der Waals surface area contributed by atoms with Gasteiger partial charge in [0.25, 0.3) is 5.91 Å². The van der Waals surface area contributed by atoms with Gasteiger partial charge in [-0.3, -0.25) is 9.20 Å². The van der Waals surface area contributed by atoms with Crippen molar-refractivity contribution in [3.8, 4) is 0 Å². The molecule has 0 saturated carbocycles. The summed E-state index contributed by atoms with van der Waals surface area (Å²) < 4.78 is 2.02. The van der Waals surface area contributed by atoms with Crippen molar-refractivity contribution in [2.24, 2.45) is 0 Å². The highest BCUT2D eigenvalue weighted by Gasteiger charge is 2.17. The lowest BCUT2D eigenvalue weighted by atomic mass is 10.1. The molecule has 3 heterocycles. The van der Waals surface area contributed by atoms with Crippen molar-refractivity contribution in [1.82, 2.24) is 14.7 Å². The summed E-state index contributed by atoms with van der Waals surface area (Å²) in [4.78, 5) is 19.6. The molecule has 0 saturated heterocycles. The average Bonchev–Trinajstić information content (AvgIpc) is 3.19. The third kappa shape index (κ3) is 2.54. The summed E-state index contributed by atoms with van der Waals surface area (Å²) in [6, 6.07) is 10.1. The first-order valence-electron chi connectivity index (χ1n) is 7.34. The van der Waals surface area contributed by atoms with Gasteiger partial charge in [0.2, 0.25) is 0 Å². The number of aromatic nitrogens is 2. The van der Waals surface area contributed by atoms with Gasteiger partial charge in [-0.05, 0) is 25.5 Å². The fourth-order valence-corrected chi connectivity index (χ4v) is 4.27. The van der Waals surface area contributed by atoms with Crippen LogP contribution in [0.1, 0.15) is 33.8 Å². The number of carbonyl (C=O) groups excluding carboxylic acids is 1. The molecule has 1 N–H and O–H groups in total. The van der Waals surface area contributed by atoms with E-state index in [1.165, 1.54) is 16.9 Å². The number of thiophene rings is 1. The third-order valence-corrected chi connectivity index (χ3v) is 5.66. The normalized spacial score (nSPS) is 12.8. The van der Waals surface area contributed by atoms with Crippen LogP contribution < -0.4 is 5.32 Å². The van der Waals surface area contributed by atoms with E-state index >= 15 is 0 Å². The number of hydrogen-bond acceptors (Lipinski definition) is 4. The molecule has 0 aliphatic rings. The highest BCUT2D eigenvalue weighted by Crippen LogP contribution is 2.28. The van der Waals surface area contributed by atoms with Crippen molar-refractivity contribution in [1.29, 1.82) is 0 Å². The lowest BCUT2D eigenvalue weighted by Crippen LogP contribution is -2.25. The maximum Gasteiger partial charge on any atom is 0.261 e. The monoisotopic (exact) mass is 341 g/mol. The zero-order chi connectivity index (χ0) is 16.0. The number of nitrogens with zero attached hydrogens (tertiary/aromatic N) is 2. The van der Waals surface area contributed by atoms with E-state index in [0.717, 1.165) is 20.9 Å². The molecule has 0 aliphatic carbocycles. The molecule has 4 aromatic rings. The predicted molar refractivity (Wildman–Crippen MR) is 95.5 cm³/mol. The molecule has 3 aromatic heterocycles. The SMILES string of the molecule is Cc1ccc(C(C)NC(=O)c2cc3c(nc4sccn43)s2)cc1. The standard InChI is InChI=1S/C17H15N3OS2/c1-10-3-5-12(6-4-10)11(2)18-15(21)14-9-13-16(23-14)19-17-20(13)7-8-22-17/h3-9,11H,1-2H3,(H,18,21). The number of fused-ring (bicyclic) bond motifs is 3. The van der Waals surface area contributed by atoms with E-state index in [-0.39, 0.29) is 11.9 Å². The Morgan fingerprint density at radius 2 is 2.09 bits per heavy atom. The highest BCUT2D eigenvalue weighted by molar-refractivity contribution is 7.21. The fourth-order valence-electron chi connectivity index (χ4n) is 2.57. The van der Waals surface area contributed by atoms with Crippen molar-refractivity contribution in [3.63, 3.8) is 0 Å². The number of amides is 1. The first-order valence-corrected chi connectivity index (χ1v) is 9.04. The maximum absolute atomic E-state index is 12.5. The molecule has 0 fully saturated rings. The summed E-state index contributed by atoms with van der Waals surface area (Å²) in [5.41, 5.74) is 3.32. The molecule has 4 rings (SSSR count). The number of hydrogen-bond donors (Lipinski definition) is 1. The van der Waals surface area contributed by atoms with E-state index in [4.69, 9.17) is 0 Å². The zero-order valence-electron chi connectivity index (χ0n) is 12.7. The van der Waals surface area contributed by atoms with E-state index in [1.807, 2.05) is 29.0 Å². The van der Waals surface area contributed by atoms with Gasteiger partial charge in [0.05, 0.1) is 16.4 Å². The molecule has 6 heteroatoms. The summed E-state index contributed by atoms with van der Waals surface area (Å²) in [7, 11) is 0. The van der Waals surface area contributed by atoms with Crippen molar-refractivity contribution >= 4 is 43.9 Å². The van der Waals surface area contributed by atoms with E-state index in [0.29, 0.717) is 4.88 Å². The van der Waals surface area contributed by atoms with Crippen LogP contribution >= 0.6 is 22.7 Å². The van der Waals surface area contributed by atoms with E-state index in [9.17, 15) is 4.79 Å². The Bertz CT molecular complexity index is 994. The number of imidazole rings is 1. The molecule has 0 aliphatic heterocycles. The van der Waals surface area contributed by atoms with Crippen molar-refractivity contribution < 1.29 is 4.79 Å². The summed E-state index contributed by atoms with van der Waals surface area (Å²) in [6.45, 7) is 4.06. The number of thiazole rings is 1. The molecule has 116 valence electrons. The molecule has 4 nitrogen and oxygen atoms in total. The van der Waals surface area contributed by atoms with Gasteiger partial charge < -0.3 is 5.32 Å². The Kier molecular flexibility index (Phi) is 3.43. The second-order valence-electron chi connectivity index (χ2n) is 5.57. The lowest BCUT2D eigenvalue weighted by molar-refractivity contribution is 0.0944. The molecule has 1 aromatic carbocycles. The lowest BCUT2D eigenvalue weighted by Gasteiger charge is -2.13. The highest BCUT2D eigenvalue weighted by atomic mass is 32.1. The number of nitrogens with one attached hydrogen (secondary N) is 1. The molecular weight excluding hydrogens is 326 g/mol. The molecule has 0 bridgehead atoms. The van der Waals surface area contributed by atoms with Gasteiger partial charge >= 0.3 is 0 Å². The minimum atomic E-state index is -0.0509. The van der Waals surface area contributed by atoms with Crippen LogP contribution in [0.25, 0.3) is 15.3 Å². The Morgan fingerprint density at radius 3 is 2.87 bits per heavy atom. The number of rotatable bonds is 3. The predicted octanol–water partition coefficient (Wildman–Crippen LogP) is 4.41. The van der Waals surface area contributed by atoms with Gasteiger partial charge in [-0.15, -0.1) is 22.7 Å². The van der Waals surface area contributed by atoms with Crippen LogP contribution in [-0.4, -0.2) is 15.3 Å². The summed E-state index contributed by atoms with van der Waals surface area (Å²) in [5, 5.41) is 5.06. The van der Waals surface area contributed by atoms with Crippen LogP contribution in [0.15, 0.2) is 41.9 Å². The molecule has 1 amide bonds. The Morgan fingerprint density at radius 1 is 1.30 bits per heavy atom. The Balaban J connectivity index is 1.58. The van der Waals surface area contributed by atoms with Crippen LogP contribution in [0, 0.1) is 6.92 Å². The smallest absolute Gasteiger partial charge is 0.261 e. The van der Waals surface area contributed by atoms with Gasteiger partial charge in [0, 0.05) is 11.6 Å². The minimum absolute atomic E-state index is 0.0265. The van der Waals surface area contributed by atoms with Gasteiger partial charge in [-0.1, -0.05) is 29.8 Å². The fraction of sp³-hybridized carbons (Fsp3) is 0.176. The Labute approximate surface area is 141 Å². The van der Waals surface area contributed by atoms with Gasteiger partial charge in [0.1, 0.15) is 4.83 Å². The summed E-state index contributed by atoms with van der Waals surface area (Å²) in [6.07, 6.45) is 1.98. The molecule has 23 heavy (non-hydrogen) atoms. The molecular formula is C17H15N3OS2. The number of benzene rings is 1. The van der Waals surface area contributed by atoms with Crippen LogP contribution in [-0.2, 0) is 0 Å². The quantitative estimate of drug-likeness (QED) is 0.600. The Hall–Kier alpha value is -2.18. The van der Waals surface area contributed by atoms with Gasteiger partial charge in [0.15, 0.2) is 4.96 Å². The second-order valence-corrected chi connectivity index (χ2v) is 7.48. The van der Waals surface area contributed by atoms with Crippen LogP contribution in [0.2, 0.25) is 0 Å². The topological polar surface area (TPSA) is 46.4 Å². The number of carbonyl (C=O) groups is 1.